The van der Waals surface area contributed by atoms with Crippen LogP contribution in [0.15, 0.2) is 11.1 Å². The minimum atomic E-state index is -0.763. The van der Waals surface area contributed by atoms with E-state index in [2.05, 4.69) is 9.97 Å². The van der Waals surface area contributed by atoms with Crippen LogP contribution in [0, 0.1) is 0 Å². The first-order valence-electron chi connectivity index (χ1n) is 7.96. The van der Waals surface area contributed by atoms with Gasteiger partial charge < -0.3 is 20.3 Å². The third-order valence-electron chi connectivity index (χ3n) is 3.80. The van der Waals surface area contributed by atoms with Gasteiger partial charge in [-0.2, -0.15) is 9.55 Å². The second kappa shape index (κ2) is 6.12. The topological polar surface area (TPSA) is 134 Å². The van der Waals surface area contributed by atoms with Gasteiger partial charge in [-0.1, -0.05) is 0 Å². The SMILES string of the molecule is CC(C)(C)OC(=O)n1c(N)nc(=O)c2ncn([C@H]3CC[C@@H](CO)O3)c21. The number of imidazole rings is 1. The Labute approximate surface area is 143 Å². The molecule has 3 N–H and O–H groups in total. The van der Waals surface area contributed by atoms with E-state index in [1.165, 1.54) is 6.33 Å². The predicted molar refractivity (Wildman–Crippen MR) is 88.1 cm³/mol. The van der Waals surface area contributed by atoms with Crippen molar-refractivity contribution in [3.05, 3.63) is 16.7 Å². The van der Waals surface area contributed by atoms with Gasteiger partial charge in [-0.15, -0.1) is 0 Å². The summed E-state index contributed by atoms with van der Waals surface area (Å²) in [6.45, 7) is 5.05. The number of carbonyl (C=O) groups is 1. The summed E-state index contributed by atoms with van der Waals surface area (Å²) in [7, 11) is 0. The lowest BCUT2D eigenvalue weighted by atomic mass is 10.2. The third-order valence-corrected chi connectivity index (χ3v) is 3.80. The monoisotopic (exact) mass is 351 g/mol. The number of nitrogens with two attached hydrogens (primary N) is 1. The second-order valence-corrected chi connectivity index (χ2v) is 6.89. The van der Waals surface area contributed by atoms with Gasteiger partial charge in [-0.25, -0.2) is 9.78 Å². The molecule has 10 heteroatoms. The van der Waals surface area contributed by atoms with Crippen molar-refractivity contribution in [2.24, 2.45) is 0 Å². The number of aliphatic hydroxyl groups is 1. The molecule has 0 aromatic carbocycles. The molecule has 1 saturated heterocycles. The number of anilines is 1. The van der Waals surface area contributed by atoms with Gasteiger partial charge in [0.1, 0.15) is 11.8 Å². The summed E-state index contributed by atoms with van der Waals surface area (Å²) in [5, 5.41) is 9.24. The van der Waals surface area contributed by atoms with Gasteiger partial charge in [0, 0.05) is 0 Å². The molecule has 1 aliphatic heterocycles. The van der Waals surface area contributed by atoms with Crippen LogP contribution in [0.3, 0.4) is 0 Å². The number of rotatable bonds is 2. The summed E-state index contributed by atoms with van der Waals surface area (Å²) in [4.78, 5) is 32.4. The molecule has 0 bridgehead atoms. The largest absolute Gasteiger partial charge is 0.443 e. The van der Waals surface area contributed by atoms with E-state index in [0.717, 1.165) is 4.57 Å². The van der Waals surface area contributed by atoms with Gasteiger partial charge in [-0.3, -0.25) is 9.36 Å². The van der Waals surface area contributed by atoms with Crippen molar-refractivity contribution < 1.29 is 19.4 Å². The van der Waals surface area contributed by atoms with Crippen molar-refractivity contribution in [3.63, 3.8) is 0 Å². The maximum atomic E-state index is 12.6. The zero-order chi connectivity index (χ0) is 18.4. The Morgan fingerprint density at radius 1 is 1.48 bits per heavy atom. The highest BCUT2D eigenvalue weighted by molar-refractivity contribution is 5.86. The Morgan fingerprint density at radius 2 is 2.20 bits per heavy atom. The molecule has 3 rings (SSSR count). The van der Waals surface area contributed by atoms with E-state index < -0.39 is 23.5 Å². The maximum absolute atomic E-state index is 12.6. The summed E-state index contributed by atoms with van der Waals surface area (Å²) < 4.78 is 13.7. The number of aromatic nitrogens is 4. The number of hydrogen-bond donors (Lipinski definition) is 2. The fourth-order valence-electron chi connectivity index (χ4n) is 2.77. The second-order valence-electron chi connectivity index (χ2n) is 6.89. The highest BCUT2D eigenvalue weighted by Gasteiger charge is 2.30. The fourth-order valence-corrected chi connectivity index (χ4v) is 2.77. The molecule has 2 aromatic heterocycles. The Hall–Kier alpha value is -2.46. The average Bonchev–Trinajstić information content (AvgIpc) is 3.11. The van der Waals surface area contributed by atoms with E-state index in [0.29, 0.717) is 12.8 Å². The van der Waals surface area contributed by atoms with Crippen LogP contribution in [0.2, 0.25) is 0 Å². The summed E-state index contributed by atoms with van der Waals surface area (Å²) in [6.07, 6.45) is 1.11. The summed E-state index contributed by atoms with van der Waals surface area (Å²) in [5.41, 5.74) is 4.58. The van der Waals surface area contributed by atoms with Crippen molar-refractivity contribution >= 4 is 23.2 Å². The molecular formula is C15H21N5O5. The van der Waals surface area contributed by atoms with Crippen LogP contribution < -0.4 is 11.3 Å². The molecule has 136 valence electrons. The first-order chi connectivity index (χ1) is 11.7. The van der Waals surface area contributed by atoms with Crippen LogP contribution in [0.25, 0.3) is 11.2 Å². The van der Waals surface area contributed by atoms with E-state index in [1.807, 2.05) is 0 Å². The van der Waals surface area contributed by atoms with Gasteiger partial charge in [0.05, 0.1) is 19.0 Å². The van der Waals surface area contributed by atoms with Crippen LogP contribution in [-0.2, 0) is 9.47 Å². The van der Waals surface area contributed by atoms with E-state index in [9.17, 15) is 14.7 Å². The lowest BCUT2D eigenvalue weighted by molar-refractivity contribution is -0.0209. The molecule has 1 fully saturated rings. The number of nitrogen functional groups attached to an aromatic ring is 1. The van der Waals surface area contributed by atoms with Crippen LogP contribution in [0.1, 0.15) is 39.8 Å². The fraction of sp³-hybridized carbons (Fsp3) is 0.600. The molecule has 2 atom stereocenters. The average molecular weight is 351 g/mol. The molecule has 0 aliphatic carbocycles. The Morgan fingerprint density at radius 3 is 2.80 bits per heavy atom. The van der Waals surface area contributed by atoms with E-state index >= 15 is 0 Å². The smallest absolute Gasteiger partial charge is 0.423 e. The first kappa shape index (κ1) is 17.4. The number of fused-ring (bicyclic) bond motifs is 1. The van der Waals surface area contributed by atoms with Gasteiger partial charge in [0.25, 0.3) is 0 Å². The normalized spacial score (nSPS) is 21.0. The number of aliphatic hydroxyl groups excluding tert-OH is 1. The van der Waals surface area contributed by atoms with Crippen molar-refractivity contribution in [1.82, 2.24) is 19.1 Å². The zero-order valence-corrected chi connectivity index (χ0v) is 14.3. The van der Waals surface area contributed by atoms with Crippen LogP contribution in [0.4, 0.5) is 10.7 Å². The van der Waals surface area contributed by atoms with E-state index in [-0.39, 0.29) is 29.8 Å². The molecule has 25 heavy (non-hydrogen) atoms. The number of nitrogens with zero attached hydrogens (tertiary/aromatic N) is 4. The summed E-state index contributed by atoms with van der Waals surface area (Å²) >= 11 is 0. The Bertz CT molecular complexity index is 866. The van der Waals surface area contributed by atoms with Crippen LogP contribution in [0.5, 0.6) is 0 Å². The molecule has 0 saturated carbocycles. The van der Waals surface area contributed by atoms with Gasteiger partial charge in [0.2, 0.25) is 5.95 Å². The standard InChI is InChI=1S/C15H21N5O5/c1-15(2,3)25-14(23)20-12-10(11(22)18-13(20)16)17-7-19(12)9-5-4-8(6-21)24-9/h7-9,21H,4-6H2,1-3H3,(H2,16,18,22)/t8-,9+/m0/s1. The predicted octanol–water partition coefficient (Wildman–Crippen LogP) is 0.628. The third kappa shape index (κ3) is 3.22. The quantitative estimate of drug-likeness (QED) is 0.804. The molecule has 1 aliphatic rings. The van der Waals surface area contributed by atoms with E-state index in [1.54, 1.807) is 25.3 Å². The Kier molecular flexibility index (Phi) is 4.25. The number of carbonyl (C=O) groups excluding carboxylic acids is 1. The van der Waals surface area contributed by atoms with Crippen molar-refractivity contribution in [2.75, 3.05) is 12.3 Å². The molecule has 0 radical (unpaired) electrons. The number of hydrogen-bond acceptors (Lipinski definition) is 8. The summed E-state index contributed by atoms with van der Waals surface area (Å²) in [6, 6.07) is 0. The van der Waals surface area contributed by atoms with Crippen molar-refractivity contribution in [1.29, 1.82) is 0 Å². The summed E-state index contributed by atoms with van der Waals surface area (Å²) in [5.74, 6) is -0.287. The number of ether oxygens (including phenoxy) is 2. The van der Waals surface area contributed by atoms with Gasteiger partial charge >= 0.3 is 11.7 Å². The lowest BCUT2D eigenvalue weighted by Gasteiger charge is -2.22. The maximum Gasteiger partial charge on any atom is 0.423 e. The lowest BCUT2D eigenvalue weighted by Crippen LogP contribution is -2.31. The van der Waals surface area contributed by atoms with Gasteiger partial charge in [0.15, 0.2) is 11.2 Å². The van der Waals surface area contributed by atoms with E-state index in [4.69, 9.17) is 15.2 Å². The molecule has 2 aromatic rings. The van der Waals surface area contributed by atoms with Crippen LogP contribution in [-0.4, -0.2) is 48.6 Å². The molecule has 10 nitrogen and oxygen atoms in total. The molecule has 0 spiro atoms. The van der Waals surface area contributed by atoms with Crippen molar-refractivity contribution in [3.8, 4) is 0 Å². The van der Waals surface area contributed by atoms with Gasteiger partial charge in [-0.05, 0) is 33.6 Å². The highest BCUT2D eigenvalue weighted by Crippen LogP contribution is 2.30. The minimum absolute atomic E-state index is 0.00360. The minimum Gasteiger partial charge on any atom is -0.443 e. The van der Waals surface area contributed by atoms with Crippen LogP contribution >= 0.6 is 0 Å². The molecule has 0 unspecified atom stereocenters. The zero-order valence-electron chi connectivity index (χ0n) is 14.3. The first-order valence-corrected chi connectivity index (χ1v) is 7.96. The highest BCUT2D eigenvalue weighted by atomic mass is 16.6. The molecule has 0 amide bonds. The van der Waals surface area contributed by atoms with Crippen molar-refractivity contribution in [2.45, 2.75) is 51.5 Å². The molecule has 3 heterocycles. The molecular weight excluding hydrogens is 330 g/mol. The Balaban J connectivity index is 2.14.